The van der Waals surface area contributed by atoms with Crippen molar-refractivity contribution in [2.75, 3.05) is 4.72 Å². The molecule has 2 rings (SSSR count). The Labute approximate surface area is 123 Å². The van der Waals surface area contributed by atoms with E-state index in [1.807, 2.05) is 0 Å². The first-order valence-electron chi connectivity index (χ1n) is 5.12. The number of rotatable bonds is 3. The lowest BCUT2D eigenvalue weighted by Gasteiger charge is -2.09. The number of halogens is 3. The third-order valence-corrected chi connectivity index (χ3v) is 4.37. The van der Waals surface area contributed by atoms with Crippen LogP contribution in [-0.4, -0.2) is 8.42 Å². The molecule has 3 nitrogen and oxygen atoms in total. The van der Waals surface area contributed by atoms with Gasteiger partial charge in [-0.3, -0.25) is 4.72 Å². The molecule has 19 heavy (non-hydrogen) atoms. The lowest BCUT2D eigenvalue weighted by Crippen LogP contribution is -2.13. The van der Waals surface area contributed by atoms with Crippen LogP contribution in [-0.2, 0) is 10.0 Å². The van der Waals surface area contributed by atoms with Crippen molar-refractivity contribution in [1.82, 2.24) is 0 Å². The van der Waals surface area contributed by atoms with Crippen molar-refractivity contribution in [2.45, 2.75) is 4.90 Å². The van der Waals surface area contributed by atoms with Gasteiger partial charge in [0.05, 0.1) is 10.6 Å². The summed E-state index contributed by atoms with van der Waals surface area (Å²) >= 11 is 8.83. The molecule has 0 saturated carbocycles. The lowest BCUT2D eigenvalue weighted by atomic mass is 10.3. The molecule has 0 aliphatic carbocycles. The Hall–Kier alpha value is -1.11. The van der Waals surface area contributed by atoms with E-state index in [1.165, 1.54) is 30.3 Å². The van der Waals surface area contributed by atoms with Crippen molar-refractivity contribution in [3.8, 4) is 0 Å². The summed E-state index contributed by atoms with van der Waals surface area (Å²) in [6.45, 7) is 0. The molecular weight excluding hydrogens is 357 g/mol. The molecule has 0 bridgehead atoms. The number of anilines is 1. The topological polar surface area (TPSA) is 46.2 Å². The molecule has 2 aromatic rings. The third kappa shape index (κ3) is 3.46. The van der Waals surface area contributed by atoms with Gasteiger partial charge in [0.15, 0.2) is 0 Å². The van der Waals surface area contributed by atoms with E-state index in [-0.39, 0.29) is 10.6 Å². The second-order valence-corrected chi connectivity index (χ2v) is 6.72. The SMILES string of the molecule is O=S(=O)(Nc1ccc(Br)cc1F)c1cccc(Cl)c1. The number of benzene rings is 2. The average Bonchev–Trinajstić information content (AvgIpc) is 2.33. The maximum absolute atomic E-state index is 13.6. The third-order valence-electron chi connectivity index (χ3n) is 2.28. The second-order valence-electron chi connectivity index (χ2n) is 3.69. The monoisotopic (exact) mass is 363 g/mol. The number of sulfonamides is 1. The van der Waals surface area contributed by atoms with Gasteiger partial charge in [-0.2, -0.15) is 0 Å². The van der Waals surface area contributed by atoms with Gasteiger partial charge in [-0.1, -0.05) is 33.6 Å². The maximum atomic E-state index is 13.6. The van der Waals surface area contributed by atoms with E-state index in [4.69, 9.17) is 11.6 Å². The highest BCUT2D eigenvalue weighted by Gasteiger charge is 2.16. The van der Waals surface area contributed by atoms with Crippen LogP contribution >= 0.6 is 27.5 Å². The highest BCUT2D eigenvalue weighted by Crippen LogP contribution is 2.23. The zero-order valence-electron chi connectivity index (χ0n) is 9.40. The molecule has 1 N–H and O–H groups in total. The van der Waals surface area contributed by atoms with Gasteiger partial charge >= 0.3 is 0 Å². The summed E-state index contributed by atoms with van der Waals surface area (Å²) in [5.74, 6) is -0.667. The largest absolute Gasteiger partial charge is 0.277 e. The minimum absolute atomic E-state index is 0.0256. The van der Waals surface area contributed by atoms with E-state index >= 15 is 0 Å². The standard InChI is InChI=1S/C12H8BrClFNO2S/c13-8-4-5-12(11(15)6-8)16-19(17,18)10-3-1-2-9(14)7-10/h1-7,16H. The van der Waals surface area contributed by atoms with E-state index in [1.54, 1.807) is 12.1 Å². The maximum Gasteiger partial charge on any atom is 0.262 e. The predicted molar refractivity (Wildman–Crippen MR) is 76.4 cm³/mol. The van der Waals surface area contributed by atoms with E-state index in [0.717, 1.165) is 0 Å². The number of nitrogens with one attached hydrogen (secondary N) is 1. The van der Waals surface area contributed by atoms with Crippen molar-refractivity contribution in [3.05, 3.63) is 57.8 Å². The minimum Gasteiger partial charge on any atom is -0.277 e. The zero-order chi connectivity index (χ0) is 14.0. The quantitative estimate of drug-likeness (QED) is 0.893. The summed E-state index contributed by atoms with van der Waals surface area (Å²) in [6, 6.07) is 9.79. The van der Waals surface area contributed by atoms with Crippen LogP contribution in [0.15, 0.2) is 51.8 Å². The molecule has 0 spiro atoms. The molecule has 0 aliphatic heterocycles. The average molecular weight is 365 g/mol. The van der Waals surface area contributed by atoms with Crippen LogP contribution in [0.5, 0.6) is 0 Å². The summed E-state index contributed by atoms with van der Waals surface area (Å²) in [5, 5.41) is 0.291. The predicted octanol–water partition coefficient (Wildman–Crippen LogP) is 4.04. The first-order valence-corrected chi connectivity index (χ1v) is 7.77. The van der Waals surface area contributed by atoms with E-state index < -0.39 is 15.8 Å². The Morgan fingerprint density at radius 2 is 1.89 bits per heavy atom. The molecule has 0 radical (unpaired) electrons. The number of hydrogen-bond acceptors (Lipinski definition) is 2. The molecule has 0 aliphatic rings. The van der Waals surface area contributed by atoms with Crippen molar-refractivity contribution >= 4 is 43.2 Å². The molecule has 100 valence electrons. The summed E-state index contributed by atoms with van der Waals surface area (Å²) < 4.78 is 40.4. The van der Waals surface area contributed by atoms with E-state index in [2.05, 4.69) is 20.7 Å². The second kappa shape index (κ2) is 5.48. The van der Waals surface area contributed by atoms with Crippen molar-refractivity contribution in [3.63, 3.8) is 0 Å². The van der Waals surface area contributed by atoms with Gasteiger partial charge in [0.25, 0.3) is 10.0 Å². The van der Waals surface area contributed by atoms with Gasteiger partial charge in [0.1, 0.15) is 5.82 Å². The Morgan fingerprint density at radius 3 is 2.53 bits per heavy atom. The summed E-state index contributed by atoms with van der Waals surface area (Å²) in [5.41, 5.74) is -0.122. The molecule has 0 saturated heterocycles. The molecular formula is C12H8BrClFNO2S. The van der Waals surface area contributed by atoms with Crippen LogP contribution in [0.4, 0.5) is 10.1 Å². The van der Waals surface area contributed by atoms with Gasteiger partial charge in [0, 0.05) is 9.50 Å². The van der Waals surface area contributed by atoms with E-state index in [9.17, 15) is 12.8 Å². The van der Waals surface area contributed by atoms with E-state index in [0.29, 0.717) is 9.50 Å². The molecule has 0 heterocycles. The fourth-order valence-electron chi connectivity index (χ4n) is 1.41. The fraction of sp³-hybridized carbons (Fsp3) is 0. The molecule has 0 unspecified atom stereocenters. The van der Waals surface area contributed by atoms with Crippen LogP contribution < -0.4 is 4.72 Å². The van der Waals surface area contributed by atoms with Gasteiger partial charge in [-0.25, -0.2) is 12.8 Å². The molecule has 0 atom stereocenters. The summed E-state index contributed by atoms with van der Waals surface area (Å²) in [6.07, 6.45) is 0. The van der Waals surface area contributed by atoms with Gasteiger partial charge in [-0.05, 0) is 36.4 Å². The van der Waals surface area contributed by atoms with Crippen LogP contribution in [0.25, 0.3) is 0 Å². The first kappa shape index (κ1) is 14.3. The molecule has 0 fully saturated rings. The lowest BCUT2D eigenvalue weighted by molar-refractivity contribution is 0.598. The highest BCUT2D eigenvalue weighted by atomic mass is 79.9. The van der Waals surface area contributed by atoms with Crippen LogP contribution in [0.2, 0.25) is 5.02 Å². The summed E-state index contributed by atoms with van der Waals surface area (Å²) in [7, 11) is -3.86. The summed E-state index contributed by atoms with van der Waals surface area (Å²) in [4.78, 5) is -0.0256. The fourth-order valence-corrected chi connectivity index (χ4v) is 3.11. The molecule has 0 aromatic heterocycles. The van der Waals surface area contributed by atoms with Gasteiger partial charge < -0.3 is 0 Å². The molecule has 7 heteroatoms. The minimum atomic E-state index is -3.86. The Morgan fingerprint density at radius 1 is 1.16 bits per heavy atom. The Balaban J connectivity index is 2.36. The van der Waals surface area contributed by atoms with Crippen LogP contribution in [0.1, 0.15) is 0 Å². The highest BCUT2D eigenvalue weighted by molar-refractivity contribution is 9.10. The zero-order valence-corrected chi connectivity index (χ0v) is 12.6. The normalized spacial score (nSPS) is 11.3. The van der Waals surface area contributed by atoms with Crippen LogP contribution in [0, 0.1) is 5.82 Å². The van der Waals surface area contributed by atoms with Gasteiger partial charge in [-0.15, -0.1) is 0 Å². The van der Waals surface area contributed by atoms with Crippen LogP contribution in [0.3, 0.4) is 0 Å². The van der Waals surface area contributed by atoms with Gasteiger partial charge in [0.2, 0.25) is 0 Å². The molecule has 2 aromatic carbocycles. The van der Waals surface area contributed by atoms with Crippen molar-refractivity contribution in [2.24, 2.45) is 0 Å². The first-order chi connectivity index (χ1) is 8.88. The Bertz CT molecular complexity index is 721. The molecule has 0 amide bonds. The Kier molecular flexibility index (Phi) is 4.13. The van der Waals surface area contributed by atoms with Crippen molar-refractivity contribution < 1.29 is 12.8 Å². The van der Waals surface area contributed by atoms with Crippen molar-refractivity contribution in [1.29, 1.82) is 0 Å². The number of hydrogen-bond donors (Lipinski definition) is 1. The smallest absolute Gasteiger partial charge is 0.262 e.